The fourth-order valence-electron chi connectivity index (χ4n) is 3.66. The summed E-state index contributed by atoms with van der Waals surface area (Å²) in [5, 5.41) is 1.54. The lowest BCUT2D eigenvalue weighted by Crippen LogP contribution is -2.33. The highest BCUT2D eigenvalue weighted by atomic mass is 32.1. The Balaban J connectivity index is 1.73. The number of benzene rings is 2. The fourth-order valence-corrected chi connectivity index (χ4v) is 4.70. The van der Waals surface area contributed by atoms with Crippen LogP contribution in [0.5, 0.6) is 5.75 Å². The number of aromatic nitrogens is 1. The molecule has 0 saturated heterocycles. The van der Waals surface area contributed by atoms with Gasteiger partial charge in [-0.25, -0.2) is 4.98 Å². The normalized spacial score (nSPS) is 11.5. The molecule has 0 unspecified atom stereocenters. The van der Waals surface area contributed by atoms with Gasteiger partial charge in [0.05, 0.1) is 17.3 Å². The van der Waals surface area contributed by atoms with E-state index in [2.05, 4.69) is 24.0 Å². The molecule has 0 fully saturated rings. The molecule has 0 aliphatic heterocycles. The van der Waals surface area contributed by atoms with Crippen LogP contribution in [0.4, 0.5) is 5.13 Å². The minimum atomic E-state index is -0.186. The molecule has 1 amide bonds. The first kappa shape index (κ1) is 21.3. The van der Waals surface area contributed by atoms with Crippen LogP contribution in [0.1, 0.15) is 29.5 Å². The van der Waals surface area contributed by atoms with Gasteiger partial charge in [-0.05, 0) is 57.2 Å². The van der Waals surface area contributed by atoms with Crippen molar-refractivity contribution in [1.82, 2.24) is 9.88 Å². The van der Waals surface area contributed by atoms with Gasteiger partial charge in [-0.2, -0.15) is 0 Å². The number of rotatable bonds is 8. The molecule has 0 saturated carbocycles. The SMILES string of the molecule is CCc1cccc2sc(N(CCCN(C)C)C(=O)c3cc4cccc(OC)c4o3)nc12. The second kappa shape index (κ2) is 9.08. The summed E-state index contributed by atoms with van der Waals surface area (Å²) in [4.78, 5) is 22.3. The summed E-state index contributed by atoms with van der Waals surface area (Å²) < 4.78 is 12.4. The number of ether oxygens (including phenoxy) is 1. The number of thiazole rings is 1. The molecule has 0 atom stereocenters. The standard InChI is InChI=1S/C24H27N3O3S/c1-5-16-9-7-12-20-21(16)25-24(31-20)27(14-8-13-26(2)3)23(28)19-15-17-10-6-11-18(29-4)22(17)30-19/h6-7,9-12,15H,5,8,13-14H2,1-4H3. The number of hydrogen-bond donors (Lipinski definition) is 0. The van der Waals surface area contributed by atoms with Crippen LogP contribution < -0.4 is 9.64 Å². The number of para-hydroxylation sites is 2. The molecule has 162 valence electrons. The largest absolute Gasteiger partial charge is 0.493 e. The number of amides is 1. The molecule has 2 heterocycles. The number of carbonyl (C=O) groups excluding carboxylic acids is 1. The maximum atomic E-state index is 13.6. The van der Waals surface area contributed by atoms with Gasteiger partial charge >= 0.3 is 0 Å². The first-order valence-corrected chi connectivity index (χ1v) is 11.2. The van der Waals surface area contributed by atoms with Crippen molar-refractivity contribution in [1.29, 1.82) is 0 Å². The summed E-state index contributed by atoms with van der Waals surface area (Å²) in [5.74, 6) is 0.719. The molecule has 2 aromatic carbocycles. The van der Waals surface area contributed by atoms with E-state index in [0.29, 0.717) is 28.8 Å². The smallest absolute Gasteiger partial charge is 0.295 e. The Labute approximate surface area is 186 Å². The van der Waals surface area contributed by atoms with Crippen molar-refractivity contribution in [3.8, 4) is 5.75 Å². The van der Waals surface area contributed by atoms with Crippen LogP contribution in [0.15, 0.2) is 46.9 Å². The molecule has 7 heteroatoms. The van der Waals surface area contributed by atoms with Crippen molar-refractivity contribution in [2.24, 2.45) is 0 Å². The molecule has 0 aliphatic carbocycles. The Morgan fingerprint density at radius 3 is 2.71 bits per heavy atom. The summed E-state index contributed by atoms with van der Waals surface area (Å²) in [6.45, 7) is 3.56. The Kier molecular flexibility index (Phi) is 6.25. The van der Waals surface area contributed by atoms with E-state index in [1.807, 2.05) is 38.4 Å². The molecular formula is C24H27N3O3S. The van der Waals surface area contributed by atoms with Crippen LogP contribution in [0, 0.1) is 0 Å². The fraction of sp³-hybridized carbons (Fsp3) is 0.333. The van der Waals surface area contributed by atoms with Gasteiger partial charge in [0, 0.05) is 11.9 Å². The Morgan fingerprint density at radius 1 is 1.16 bits per heavy atom. The molecule has 0 bridgehead atoms. The molecule has 0 aliphatic rings. The number of methoxy groups -OCH3 is 1. The van der Waals surface area contributed by atoms with Gasteiger partial charge in [0.15, 0.2) is 22.2 Å². The van der Waals surface area contributed by atoms with Gasteiger partial charge in [-0.1, -0.05) is 42.5 Å². The molecule has 4 aromatic rings. The predicted molar refractivity (Wildman–Crippen MR) is 127 cm³/mol. The van der Waals surface area contributed by atoms with E-state index < -0.39 is 0 Å². The van der Waals surface area contributed by atoms with Crippen LogP contribution >= 0.6 is 11.3 Å². The van der Waals surface area contributed by atoms with Gasteiger partial charge in [0.2, 0.25) is 0 Å². The van der Waals surface area contributed by atoms with Gasteiger partial charge in [0.1, 0.15) is 0 Å². The maximum absolute atomic E-state index is 13.6. The number of fused-ring (bicyclic) bond motifs is 2. The third-order valence-electron chi connectivity index (χ3n) is 5.27. The summed E-state index contributed by atoms with van der Waals surface area (Å²) in [7, 11) is 5.66. The molecular weight excluding hydrogens is 410 g/mol. The van der Waals surface area contributed by atoms with Crippen molar-refractivity contribution in [3.05, 3.63) is 53.8 Å². The monoisotopic (exact) mass is 437 g/mol. The molecule has 0 spiro atoms. The Bertz CT molecular complexity index is 1210. The number of aryl methyl sites for hydroxylation is 1. The van der Waals surface area contributed by atoms with Gasteiger partial charge in [-0.15, -0.1) is 0 Å². The zero-order chi connectivity index (χ0) is 22.0. The third-order valence-corrected chi connectivity index (χ3v) is 6.32. The van der Waals surface area contributed by atoms with E-state index in [-0.39, 0.29) is 5.91 Å². The Morgan fingerprint density at radius 2 is 1.97 bits per heavy atom. The van der Waals surface area contributed by atoms with Crippen LogP contribution in [0.25, 0.3) is 21.2 Å². The van der Waals surface area contributed by atoms with Gasteiger partial charge < -0.3 is 14.1 Å². The topological polar surface area (TPSA) is 58.8 Å². The first-order valence-electron chi connectivity index (χ1n) is 10.4. The Hall–Kier alpha value is -2.90. The number of nitrogens with zero attached hydrogens (tertiary/aromatic N) is 3. The van der Waals surface area contributed by atoms with Crippen molar-refractivity contribution in [2.45, 2.75) is 19.8 Å². The lowest BCUT2D eigenvalue weighted by atomic mass is 10.1. The highest BCUT2D eigenvalue weighted by Gasteiger charge is 2.25. The van der Waals surface area contributed by atoms with Gasteiger partial charge in [0.25, 0.3) is 5.91 Å². The number of carbonyl (C=O) groups is 1. The van der Waals surface area contributed by atoms with Crippen molar-refractivity contribution < 1.29 is 13.9 Å². The van der Waals surface area contributed by atoms with Crippen molar-refractivity contribution >= 4 is 43.6 Å². The number of furan rings is 1. The van der Waals surface area contributed by atoms with E-state index in [0.717, 1.165) is 35.0 Å². The lowest BCUT2D eigenvalue weighted by Gasteiger charge is -2.19. The third kappa shape index (κ3) is 4.29. The number of anilines is 1. The maximum Gasteiger partial charge on any atom is 0.295 e. The predicted octanol–water partition coefficient (Wildman–Crippen LogP) is 5.21. The van der Waals surface area contributed by atoms with Crippen molar-refractivity contribution in [2.75, 3.05) is 39.2 Å². The highest BCUT2D eigenvalue weighted by molar-refractivity contribution is 7.22. The van der Waals surface area contributed by atoms with Crippen LogP contribution in [0.2, 0.25) is 0 Å². The zero-order valence-corrected chi connectivity index (χ0v) is 19.2. The molecule has 31 heavy (non-hydrogen) atoms. The summed E-state index contributed by atoms with van der Waals surface area (Å²) >= 11 is 1.55. The molecule has 0 radical (unpaired) electrons. The summed E-state index contributed by atoms with van der Waals surface area (Å²) in [5.41, 5.74) is 2.75. The van der Waals surface area contributed by atoms with E-state index in [4.69, 9.17) is 14.1 Å². The van der Waals surface area contributed by atoms with E-state index in [9.17, 15) is 4.79 Å². The molecule has 2 aromatic heterocycles. The van der Waals surface area contributed by atoms with Crippen LogP contribution in [-0.4, -0.2) is 50.1 Å². The molecule has 4 rings (SSSR count). The van der Waals surface area contributed by atoms with E-state index in [1.54, 1.807) is 29.4 Å². The van der Waals surface area contributed by atoms with Gasteiger partial charge in [-0.3, -0.25) is 9.69 Å². The lowest BCUT2D eigenvalue weighted by molar-refractivity contribution is 0.0961. The summed E-state index contributed by atoms with van der Waals surface area (Å²) in [6, 6.07) is 13.6. The second-order valence-electron chi connectivity index (χ2n) is 7.72. The average molecular weight is 438 g/mol. The van der Waals surface area contributed by atoms with E-state index in [1.165, 1.54) is 5.56 Å². The van der Waals surface area contributed by atoms with Crippen LogP contribution in [0.3, 0.4) is 0 Å². The number of hydrogen-bond acceptors (Lipinski definition) is 6. The molecule has 0 N–H and O–H groups in total. The highest BCUT2D eigenvalue weighted by Crippen LogP contribution is 2.34. The minimum Gasteiger partial charge on any atom is -0.493 e. The van der Waals surface area contributed by atoms with Crippen LogP contribution in [-0.2, 0) is 6.42 Å². The van der Waals surface area contributed by atoms with E-state index >= 15 is 0 Å². The summed E-state index contributed by atoms with van der Waals surface area (Å²) in [6.07, 6.45) is 1.73. The molecule has 6 nitrogen and oxygen atoms in total. The zero-order valence-electron chi connectivity index (χ0n) is 18.3. The average Bonchev–Trinajstić information content (AvgIpc) is 3.39. The first-order chi connectivity index (χ1) is 15.0. The minimum absolute atomic E-state index is 0.186. The van der Waals surface area contributed by atoms with Crippen molar-refractivity contribution in [3.63, 3.8) is 0 Å². The second-order valence-corrected chi connectivity index (χ2v) is 8.73. The quantitative estimate of drug-likeness (QED) is 0.379.